The van der Waals surface area contributed by atoms with E-state index < -0.39 is 0 Å². The molecule has 0 spiro atoms. The topological polar surface area (TPSA) is 50.4 Å². The number of rotatable bonds is 7. The Kier molecular flexibility index (Phi) is 7.34. The number of hydrogen-bond donors (Lipinski definition) is 2. The van der Waals surface area contributed by atoms with Crippen LogP contribution in [0.4, 0.5) is 9.18 Å². The number of nitrogens with one attached hydrogen (secondary N) is 2. The second-order valence-corrected chi connectivity index (χ2v) is 6.34. The number of halogens is 3. The lowest BCUT2D eigenvalue weighted by Gasteiger charge is -2.10. The molecule has 2 amide bonds. The summed E-state index contributed by atoms with van der Waals surface area (Å²) >= 11 is 9.37. The zero-order chi connectivity index (χ0) is 17.4. The summed E-state index contributed by atoms with van der Waals surface area (Å²) in [7, 11) is 0. The molecule has 0 unspecified atom stereocenters. The summed E-state index contributed by atoms with van der Waals surface area (Å²) in [6.07, 6.45) is 0.639. The van der Waals surface area contributed by atoms with Gasteiger partial charge in [0.25, 0.3) is 0 Å². The van der Waals surface area contributed by atoms with Crippen LogP contribution in [0.15, 0.2) is 46.9 Å². The van der Waals surface area contributed by atoms with Crippen molar-refractivity contribution in [2.24, 2.45) is 0 Å². The highest BCUT2D eigenvalue weighted by Crippen LogP contribution is 2.27. The first-order valence-corrected chi connectivity index (χ1v) is 8.55. The molecule has 24 heavy (non-hydrogen) atoms. The van der Waals surface area contributed by atoms with Crippen LogP contribution < -0.4 is 15.4 Å². The largest absolute Gasteiger partial charge is 0.492 e. The Hall–Kier alpha value is -1.79. The zero-order valence-electron chi connectivity index (χ0n) is 12.8. The van der Waals surface area contributed by atoms with Crippen molar-refractivity contribution >= 4 is 33.6 Å². The maximum atomic E-state index is 13.0. The van der Waals surface area contributed by atoms with Crippen LogP contribution in [0.3, 0.4) is 0 Å². The molecule has 0 fully saturated rings. The van der Waals surface area contributed by atoms with Crippen molar-refractivity contribution in [3.63, 3.8) is 0 Å². The Morgan fingerprint density at radius 2 is 2.04 bits per heavy atom. The fourth-order valence-corrected chi connectivity index (χ4v) is 2.67. The molecular formula is C17H17BrClFN2O2. The van der Waals surface area contributed by atoms with E-state index in [0.717, 1.165) is 4.47 Å². The van der Waals surface area contributed by atoms with E-state index >= 15 is 0 Å². The molecule has 0 aliphatic rings. The molecule has 2 rings (SSSR count). The number of benzene rings is 2. The summed E-state index contributed by atoms with van der Waals surface area (Å²) < 4.78 is 19.5. The number of hydrogen-bond acceptors (Lipinski definition) is 2. The Labute approximate surface area is 153 Å². The van der Waals surface area contributed by atoms with Gasteiger partial charge in [0, 0.05) is 17.6 Å². The number of amides is 2. The summed E-state index contributed by atoms with van der Waals surface area (Å²) in [5, 5.41) is 5.91. The van der Waals surface area contributed by atoms with Crippen LogP contribution in [0.1, 0.15) is 12.0 Å². The van der Waals surface area contributed by atoms with E-state index in [1.165, 1.54) is 12.1 Å². The second kappa shape index (κ2) is 9.49. The fraction of sp³-hybridized carbons (Fsp3) is 0.235. The average Bonchev–Trinajstić information content (AvgIpc) is 2.54. The lowest BCUT2D eigenvalue weighted by molar-refractivity contribution is 0.238. The number of ether oxygens (including phenoxy) is 1. The van der Waals surface area contributed by atoms with Gasteiger partial charge < -0.3 is 15.4 Å². The maximum absolute atomic E-state index is 13.0. The molecule has 2 aromatic carbocycles. The highest BCUT2D eigenvalue weighted by atomic mass is 79.9. The van der Waals surface area contributed by atoms with Gasteiger partial charge in [0.15, 0.2) is 0 Å². The SMILES string of the molecule is O=C(NCCCOc1ccc(Br)cc1Cl)NCc1cccc(F)c1. The van der Waals surface area contributed by atoms with Gasteiger partial charge in [-0.2, -0.15) is 0 Å². The van der Waals surface area contributed by atoms with E-state index in [4.69, 9.17) is 16.3 Å². The molecule has 0 saturated heterocycles. The van der Waals surface area contributed by atoms with E-state index in [1.54, 1.807) is 24.3 Å². The van der Waals surface area contributed by atoms with E-state index in [1.807, 2.05) is 6.07 Å². The van der Waals surface area contributed by atoms with Gasteiger partial charge in [-0.3, -0.25) is 0 Å². The van der Waals surface area contributed by atoms with Gasteiger partial charge >= 0.3 is 6.03 Å². The highest BCUT2D eigenvalue weighted by molar-refractivity contribution is 9.10. The van der Waals surface area contributed by atoms with Crippen molar-refractivity contribution in [1.82, 2.24) is 10.6 Å². The van der Waals surface area contributed by atoms with Crippen molar-refractivity contribution < 1.29 is 13.9 Å². The summed E-state index contributed by atoms with van der Waals surface area (Å²) in [5.41, 5.74) is 0.707. The molecule has 7 heteroatoms. The summed E-state index contributed by atoms with van der Waals surface area (Å²) in [6.45, 7) is 1.17. The summed E-state index contributed by atoms with van der Waals surface area (Å²) in [5.74, 6) is 0.286. The Balaban J connectivity index is 1.61. The Bertz CT molecular complexity index is 700. The fourth-order valence-electron chi connectivity index (χ4n) is 1.94. The quantitative estimate of drug-likeness (QED) is 0.654. The first-order chi connectivity index (χ1) is 11.5. The van der Waals surface area contributed by atoms with E-state index in [2.05, 4.69) is 26.6 Å². The third-order valence-electron chi connectivity index (χ3n) is 3.10. The van der Waals surface area contributed by atoms with Crippen molar-refractivity contribution in [3.05, 3.63) is 63.3 Å². The molecule has 2 N–H and O–H groups in total. The van der Waals surface area contributed by atoms with Crippen molar-refractivity contribution in [1.29, 1.82) is 0 Å². The lowest BCUT2D eigenvalue weighted by atomic mass is 10.2. The van der Waals surface area contributed by atoms with Gasteiger partial charge in [0.2, 0.25) is 0 Å². The Morgan fingerprint density at radius 1 is 1.21 bits per heavy atom. The van der Waals surface area contributed by atoms with Gasteiger partial charge in [0.1, 0.15) is 11.6 Å². The van der Waals surface area contributed by atoms with Gasteiger partial charge in [-0.1, -0.05) is 39.7 Å². The molecule has 0 aliphatic carbocycles. The number of carbonyl (C=O) groups is 1. The van der Waals surface area contributed by atoms with Gasteiger partial charge in [-0.25, -0.2) is 9.18 Å². The van der Waals surface area contributed by atoms with Gasteiger partial charge in [-0.15, -0.1) is 0 Å². The molecule has 0 saturated carbocycles. The van der Waals surface area contributed by atoms with Gasteiger partial charge in [-0.05, 0) is 42.3 Å². The zero-order valence-corrected chi connectivity index (χ0v) is 15.2. The lowest BCUT2D eigenvalue weighted by Crippen LogP contribution is -2.36. The van der Waals surface area contributed by atoms with Crippen molar-refractivity contribution in [2.75, 3.05) is 13.2 Å². The first kappa shape index (κ1) is 18.5. The van der Waals surface area contributed by atoms with Crippen LogP contribution in [0.25, 0.3) is 0 Å². The highest BCUT2D eigenvalue weighted by Gasteiger charge is 2.03. The second-order valence-electron chi connectivity index (χ2n) is 5.02. The normalized spacial score (nSPS) is 10.3. The molecule has 128 valence electrons. The smallest absolute Gasteiger partial charge is 0.315 e. The molecule has 0 bridgehead atoms. The summed E-state index contributed by atoms with van der Waals surface area (Å²) in [6, 6.07) is 11.2. The molecule has 4 nitrogen and oxygen atoms in total. The van der Waals surface area contributed by atoms with Crippen LogP contribution in [0.2, 0.25) is 5.02 Å². The maximum Gasteiger partial charge on any atom is 0.315 e. The predicted molar refractivity (Wildman–Crippen MR) is 95.9 cm³/mol. The van der Waals surface area contributed by atoms with Crippen molar-refractivity contribution in [3.8, 4) is 5.75 Å². The van der Waals surface area contributed by atoms with E-state index in [9.17, 15) is 9.18 Å². The molecule has 0 aromatic heterocycles. The van der Waals surface area contributed by atoms with Crippen LogP contribution >= 0.6 is 27.5 Å². The average molecular weight is 416 g/mol. The molecule has 0 aliphatic heterocycles. The van der Waals surface area contributed by atoms with E-state index in [0.29, 0.717) is 35.9 Å². The minimum Gasteiger partial charge on any atom is -0.492 e. The minimum atomic E-state index is -0.321. The molecule has 0 radical (unpaired) electrons. The van der Waals surface area contributed by atoms with Gasteiger partial charge in [0.05, 0.1) is 11.6 Å². The Morgan fingerprint density at radius 3 is 2.79 bits per heavy atom. The minimum absolute atomic E-state index is 0.272. The van der Waals surface area contributed by atoms with E-state index in [-0.39, 0.29) is 18.4 Å². The van der Waals surface area contributed by atoms with Crippen LogP contribution in [0, 0.1) is 5.82 Å². The summed E-state index contributed by atoms with van der Waals surface area (Å²) in [4.78, 5) is 11.6. The monoisotopic (exact) mass is 414 g/mol. The van der Waals surface area contributed by atoms with Crippen molar-refractivity contribution in [2.45, 2.75) is 13.0 Å². The number of carbonyl (C=O) groups excluding carboxylic acids is 1. The van der Waals surface area contributed by atoms with Crippen LogP contribution in [-0.4, -0.2) is 19.2 Å². The standard InChI is InChI=1S/C17H17BrClFN2O2/c18-13-5-6-16(15(19)10-13)24-8-2-7-21-17(23)22-11-12-3-1-4-14(20)9-12/h1,3-6,9-10H,2,7-8,11H2,(H2,21,22,23). The van der Waals surface area contributed by atoms with Crippen LogP contribution in [-0.2, 0) is 6.54 Å². The number of urea groups is 1. The molecule has 0 heterocycles. The predicted octanol–water partition coefficient (Wildman–Crippen LogP) is 4.51. The third kappa shape index (κ3) is 6.37. The first-order valence-electron chi connectivity index (χ1n) is 7.38. The third-order valence-corrected chi connectivity index (χ3v) is 3.89. The molecule has 0 atom stereocenters. The van der Waals surface area contributed by atoms with Crippen LogP contribution in [0.5, 0.6) is 5.75 Å². The molecular weight excluding hydrogens is 399 g/mol. The molecule has 2 aromatic rings.